The van der Waals surface area contributed by atoms with Crippen LogP contribution in [0, 0.1) is 5.82 Å². The van der Waals surface area contributed by atoms with Crippen molar-refractivity contribution in [3.63, 3.8) is 0 Å². The third kappa shape index (κ3) is 2.51. The predicted molar refractivity (Wildman–Crippen MR) is 63.6 cm³/mol. The van der Waals surface area contributed by atoms with E-state index in [1.165, 1.54) is 18.2 Å². The summed E-state index contributed by atoms with van der Waals surface area (Å²) in [5, 5.41) is 10.3. The van der Waals surface area contributed by atoms with Gasteiger partial charge in [-0.05, 0) is 24.3 Å². The molecular weight excluding hydrogens is 243 g/mol. The zero-order valence-corrected chi connectivity index (χ0v) is 10.0. The lowest BCUT2D eigenvalue weighted by molar-refractivity contribution is 0.182. The van der Waals surface area contributed by atoms with Crippen molar-refractivity contribution in [2.45, 2.75) is 19.4 Å². The van der Waals surface area contributed by atoms with Gasteiger partial charge < -0.3 is 9.52 Å². The summed E-state index contributed by atoms with van der Waals surface area (Å²) in [7, 11) is 0. The van der Waals surface area contributed by atoms with Crippen molar-refractivity contribution in [1.29, 1.82) is 0 Å². The van der Waals surface area contributed by atoms with Crippen molar-refractivity contribution in [3.05, 3.63) is 58.3 Å². The lowest BCUT2D eigenvalue weighted by atomic mass is 10.1. The Kier molecular flexibility index (Phi) is 3.50. The molecule has 0 saturated heterocycles. The van der Waals surface area contributed by atoms with Crippen LogP contribution in [0.4, 0.5) is 4.39 Å². The summed E-state index contributed by atoms with van der Waals surface area (Å²) < 4.78 is 19.0. The molecule has 1 N–H and O–H groups in total. The van der Waals surface area contributed by atoms with Crippen molar-refractivity contribution >= 4 is 11.6 Å². The van der Waals surface area contributed by atoms with Crippen molar-refractivity contribution < 1.29 is 13.9 Å². The van der Waals surface area contributed by atoms with Crippen LogP contribution in [0.2, 0.25) is 5.02 Å². The van der Waals surface area contributed by atoms with E-state index in [-0.39, 0.29) is 5.56 Å². The minimum Gasteiger partial charge on any atom is -0.463 e. The van der Waals surface area contributed by atoms with Crippen molar-refractivity contribution in [3.8, 4) is 0 Å². The molecular formula is C13H12ClFO2. The van der Waals surface area contributed by atoms with Crippen molar-refractivity contribution in [1.82, 2.24) is 0 Å². The Morgan fingerprint density at radius 3 is 2.71 bits per heavy atom. The first-order chi connectivity index (χ1) is 8.11. The summed E-state index contributed by atoms with van der Waals surface area (Å²) in [5.74, 6) is 0.552. The third-order valence-electron chi connectivity index (χ3n) is 2.56. The van der Waals surface area contributed by atoms with Gasteiger partial charge in [-0.1, -0.05) is 24.6 Å². The van der Waals surface area contributed by atoms with Gasteiger partial charge in [0.25, 0.3) is 0 Å². The molecule has 0 radical (unpaired) electrons. The van der Waals surface area contributed by atoms with Gasteiger partial charge in [-0.3, -0.25) is 0 Å². The van der Waals surface area contributed by atoms with E-state index in [1.807, 2.05) is 6.92 Å². The molecule has 1 heterocycles. The molecule has 0 spiro atoms. The van der Waals surface area contributed by atoms with Crippen LogP contribution < -0.4 is 0 Å². The molecule has 17 heavy (non-hydrogen) atoms. The maximum atomic E-state index is 13.6. The molecule has 2 rings (SSSR count). The van der Waals surface area contributed by atoms with E-state index in [1.54, 1.807) is 12.1 Å². The SMILES string of the molecule is CCc1ccc(C(O)c2ccc(Cl)cc2F)o1. The first-order valence-electron chi connectivity index (χ1n) is 5.33. The van der Waals surface area contributed by atoms with Gasteiger partial charge in [0.2, 0.25) is 0 Å². The zero-order chi connectivity index (χ0) is 12.4. The number of hydrogen-bond acceptors (Lipinski definition) is 2. The highest BCUT2D eigenvalue weighted by Crippen LogP contribution is 2.27. The Bertz CT molecular complexity index is 522. The predicted octanol–water partition coefficient (Wildman–Crippen LogP) is 3.72. The second-order valence-electron chi connectivity index (χ2n) is 3.73. The number of hydrogen-bond donors (Lipinski definition) is 1. The quantitative estimate of drug-likeness (QED) is 0.906. The van der Waals surface area contributed by atoms with Crippen molar-refractivity contribution in [2.75, 3.05) is 0 Å². The van der Waals surface area contributed by atoms with E-state index in [4.69, 9.17) is 16.0 Å². The first kappa shape index (κ1) is 12.1. The van der Waals surface area contributed by atoms with Gasteiger partial charge in [-0.15, -0.1) is 0 Å². The van der Waals surface area contributed by atoms with Gasteiger partial charge in [-0.25, -0.2) is 4.39 Å². The highest BCUT2D eigenvalue weighted by molar-refractivity contribution is 6.30. The molecule has 90 valence electrons. The van der Waals surface area contributed by atoms with Crippen LogP contribution in [0.15, 0.2) is 34.7 Å². The maximum Gasteiger partial charge on any atom is 0.139 e. The fourth-order valence-electron chi connectivity index (χ4n) is 1.61. The van der Waals surface area contributed by atoms with Gasteiger partial charge in [0.1, 0.15) is 23.4 Å². The molecule has 0 saturated carbocycles. The van der Waals surface area contributed by atoms with Gasteiger partial charge in [0, 0.05) is 17.0 Å². The average molecular weight is 255 g/mol. The Morgan fingerprint density at radius 1 is 1.35 bits per heavy atom. The first-order valence-corrected chi connectivity index (χ1v) is 5.71. The van der Waals surface area contributed by atoms with Crippen molar-refractivity contribution in [2.24, 2.45) is 0 Å². The Labute approximate surface area is 104 Å². The largest absolute Gasteiger partial charge is 0.463 e. The summed E-state index contributed by atoms with van der Waals surface area (Å²) in [4.78, 5) is 0. The molecule has 0 bridgehead atoms. The van der Waals surface area contributed by atoms with Gasteiger partial charge in [0.05, 0.1) is 0 Å². The van der Waals surface area contributed by atoms with E-state index >= 15 is 0 Å². The lowest BCUT2D eigenvalue weighted by Gasteiger charge is -2.09. The summed E-state index contributed by atoms with van der Waals surface area (Å²) in [6.45, 7) is 1.94. The molecule has 0 aliphatic heterocycles. The number of aliphatic hydroxyl groups excluding tert-OH is 1. The molecule has 2 nitrogen and oxygen atoms in total. The van der Waals surface area contributed by atoms with Crippen LogP contribution in [-0.2, 0) is 6.42 Å². The van der Waals surface area contributed by atoms with E-state index in [9.17, 15) is 9.50 Å². The fraction of sp³-hybridized carbons (Fsp3) is 0.231. The maximum absolute atomic E-state index is 13.6. The Balaban J connectivity index is 2.33. The molecule has 1 atom stereocenters. The minimum atomic E-state index is -1.10. The van der Waals surface area contributed by atoms with E-state index in [0.717, 1.165) is 12.2 Å². The molecule has 0 fully saturated rings. The summed E-state index contributed by atoms with van der Waals surface area (Å²) >= 11 is 5.65. The normalized spacial score (nSPS) is 12.7. The fourth-order valence-corrected chi connectivity index (χ4v) is 1.77. The number of rotatable bonds is 3. The number of furan rings is 1. The van der Waals surface area contributed by atoms with Gasteiger partial charge in [-0.2, -0.15) is 0 Å². The smallest absolute Gasteiger partial charge is 0.139 e. The van der Waals surface area contributed by atoms with Crippen LogP contribution >= 0.6 is 11.6 Å². The second kappa shape index (κ2) is 4.90. The van der Waals surface area contributed by atoms with Crippen LogP contribution in [0.3, 0.4) is 0 Å². The topological polar surface area (TPSA) is 33.4 Å². The van der Waals surface area contributed by atoms with Crippen LogP contribution in [0.5, 0.6) is 0 Å². The number of aryl methyl sites for hydroxylation is 1. The second-order valence-corrected chi connectivity index (χ2v) is 4.16. The number of aliphatic hydroxyl groups is 1. The average Bonchev–Trinajstić information content (AvgIpc) is 2.76. The van der Waals surface area contributed by atoms with Crippen LogP contribution in [0.25, 0.3) is 0 Å². The van der Waals surface area contributed by atoms with Crippen LogP contribution in [0.1, 0.15) is 30.1 Å². The van der Waals surface area contributed by atoms with Gasteiger partial charge >= 0.3 is 0 Å². The highest BCUT2D eigenvalue weighted by Gasteiger charge is 2.18. The Hall–Kier alpha value is -1.32. The highest BCUT2D eigenvalue weighted by atomic mass is 35.5. The molecule has 1 unspecified atom stereocenters. The minimum absolute atomic E-state index is 0.159. The molecule has 0 aliphatic rings. The third-order valence-corrected chi connectivity index (χ3v) is 2.79. The van der Waals surface area contributed by atoms with Crippen LogP contribution in [-0.4, -0.2) is 5.11 Å². The monoisotopic (exact) mass is 254 g/mol. The summed E-state index contributed by atoms with van der Waals surface area (Å²) in [5.41, 5.74) is 0.159. The molecule has 2 aromatic rings. The standard InChI is InChI=1S/C13H12ClFO2/c1-2-9-4-6-12(17-9)13(16)10-5-3-8(14)7-11(10)15/h3-7,13,16H,2H2,1H3. The molecule has 4 heteroatoms. The zero-order valence-electron chi connectivity index (χ0n) is 9.28. The Morgan fingerprint density at radius 2 is 2.12 bits per heavy atom. The lowest BCUT2D eigenvalue weighted by Crippen LogP contribution is -2.01. The van der Waals surface area contributed by atoms with Gasteiger partial charge in [0.15, 0.2) is 0 Å². The molecule has 0 amide bonds. The summed E-state index contributed by atoms with van der Waals surface area (Å²) in [6, 6.07) is 7.58. The van der Waals surface area contributed by atoms with E-state index in [2.05, 4.69) is 0 Å². The molecule has 1 aromatic carbocycles. The van der Waals surface area contributed by atoms with E-state index in [0.29, 0.717) is 10.8 Å². The number of halogens is 2. The molecule has 0 aliphatic carbocycles. The molecule has 1 aromatic heterocycles. The number of benzene rings is 1. The summed E-state index contributed by atoms with van der Waals surface area (Å²) in [6.07, 6.45) is -0.372. The van der Waals surface area contributed by atoms with E-state index < -0.39 is 11.9 Å².